The molecule has 0 bridgehead atoms. The molecule has 3 rings (SSSR count). The van der Waals surface area contributed by atoms with Crippen LogP contribution < -0.4 is 21.3 Å². The molecule has 2 aromatic carbocycles. The van der Waals surface area contributed by atoms with Gasteiger partial charge in [-0.3, -0.25) is 5.21 Å². The van der Waals surface area contributed by atoms with Crippen LogP contribution in [0.3, 0.4) is 0 Å². The number of aromatic nitrogens is 3. The summed E-state index contributed by atoms with van der Waals surface area (Å²) >= 11 is 5.98. The fourth-order valence-corrected chi connectivity index (χ4v) is 3.30. The summed E-state index contributed by atoms with van der Waals surface area (Å²) in [6, 6.07) is 13.6. The van der Waals surface area contributed by atoms with E-state index < -0.39 is 10.0 Å². The summed E-state index contributed by atoms with van der Waals surface area (Å²) in [6.45, 7) is 0.905. The van der Waals surface area contributed by atoms with Gasteiger partial charge in [-0.05, 0) is 41.8 Å². The van der Waals surface area contributed by atoms with E-state index in [1.54, 1.807) is 18.2 Å². The van der Waals surface area contributed by atoms with Gasteiger partial charge in [-0.25, -0.2) is 19.0 Å². The maximum absolute atomic E-state index is 11.3. The summed E-state index contributed by atoms with van der Waals surface area (Å²) in [5.74, 6) is 0.511. The second-order valence-corrected chi connectivity index (χ2v) is 8.27. The third-order valence-corrected chi connectivity index (χ3v) is 5.19. The summed E-state index contributed by atoms with van der Waals surface area (Å²) < 4.78 is 22.6. The van der Waals surface area contributed by atoms with Crippen LogP contribution in [0.2, 0.25) is 5.02 Å². The van der Waals surface area contributed by atoms with Gasteiger partial charge >= 0.3 is 0 Å². The summed E-state index contributed by atoms with van der Waals surface area (Å²) in [6.07, 6.45) is 0.587. The van der Waals surface area contributed by atoms with Crippen LogP contribution in [0, 0.1) is 0 Å². The first-order valence-corrected chi connectivity index (χ1v) is 10.8. The molecule has 0 aliphatic rings. The Morgan fingerprint density at radius 2 is 1.60 bits per heavy atom. The van der Waals surface area contributed by atoms with E-state index in [1.807, 2.05) is 23.7 Å². The maximum Gasteiger partial charge on any atom is 0.253 e. The third kappa shape index (κ3) is 6.26. The second kappa shape index (κ2) is 9.67. The standard InChI is InChI=1S/C18H20ClN7O3S/c19-14-3-1-2-13(10-14)11-22-17-23-16(24-18(25-17)26-27)21-9-8-12-4-6-15(7-5-12)30(20,28)29/h1-7,10,27H,8-9,11H2,(H2,20,28,29)(H3,21,22,23,24,25,26). The number of hydrogen-bond donors (Lipinski definition) is 5. The normalized spacial score (nSPS) is 11.2. The van der Waals surface area contributed by atoms with Crippen molar-refractivity contribution in [1.82, 2.24) is 15.0 Å². The van der Waals surface area contributed by atoms with Crippen LogP contribution in [-0.2, 0) is 23.0 Å². The number of anilines is 3. The van der Waals surface area contributed by atoms with Crippen molar-refractivity contribution in [1.29, 1.82) is 0 Å². The fraction of sp³-hybridized carbons (Fsp3) is 0.167. The van der Waals surface area contributed by atoms with Gasteiger partial charge in [0.05, 0.1) is 4.90 Å². The predicted octanol–water partition coefficient (Wildman–Crippen LogP) is 2.24. The van der Waals surface area contributed by atoms with Crippen LogP contribution in [0.15, 0.2) is 53.4 Å². The van der Waals surface area contributed by atoms with Gasteiger partial charge in [0.25, 0.3) is 5.95 Å². The lowest BCUT2D eigenvalue weighted by molar-refractivity contribution is 0.382. The minimum Gasteiger partial charge on any atom is -0.354 e. The number of benzene rings is 2. The number of nitrogens with one attached hydrogen (secondary N) is 3. The molecule has 0 spiro atoms. The molecule has 0 amide bonds. The number of sulfonamides is 1. The van der Waals surface area contributed by atoms with Gasteiger partial charge < -0.3 is 10.6 Å². The molecular formula is C18H20ClN7O3S. The highest BCUT2D eigenvalue weighted by Crippen LogP contribution is 2.14. The van der Waals surface area contributed by atoms with Crippen LogP contribution in [0.4, 0.5) is 17.8 Å². The van der Waals surface area contributed by atoms with Crippen molar-refractivity contribution in [3.63, 3.8) is 0 Å². The van der Waals surface area contributed by atoms with E-state index in [0.717, 1.165) is 11.1 Å². The Kier molecular flexibility index (Phi) is 7.00. The molecule has 0 saturated carbocycles. The second-order valence-electron chi connectivity index (χ2n) is 6.27. The minimum atomic E-state index is -3.71. The van der Waals surface area contributed by atoms with E-state index in [2.05, 4.69) is 25.6 Å². The zero-order chi connectivity index (χ0) is 21.6. The Labute approximate surface area is 178 Å². The quantitative estimate of drug-likeness (QED) is 0.309. The smallest absolute Gasteiger partial charge is 0.253 e. The first-order chi connectivity index (χ1) is 14.3. The van der Waals surface area contributed by atoms with Crippen molar-refractivity contribution in [2.75, 3.05) is 22.7 Å². The average Bonchev–Trinajstić information content (AvgIpc) is 2.72. The predicted molar refractivity (Wildman–Crippen MR) is 114 cm³/mol. The van der Waals surface area contributed by atoms with Crippen LogP contribution in [0.1, 0.15) is 11.1 Å². The van der Waals surface area contributed by atoms with Crippen LogP contribution in [0.25, 0.3) is 0 Å². The highest BCUT2D eigenvalue weighted by Gasteiger charge is 2.08. The van der Waals surface area contributed by atoms with E-state index in [1.165, 1.54) is 12.1 Å². The molecule has 30 heavy (non-hydrogen) atoms. The van der Waals surface area contributed by atoms with Gasteiger partial charge in [-0.1, -0.05) is 35.9 Å². The Hall–Kier alpha value is -2.99. The summed E-state index contributed by atoms with van der Waals surface area (Å²) in [5, 5.41) is 21.0. The number of rotatable bonds is 9. The van der Waals surface area contributed by atoms with Gasteiger partial charge in [-0.15, -0.1) is 0 Å². The van der Waals surface area contributed by atoms with Gasteiger partial charge in [0.2, 0.25) is 21.9 Å². The molecule has 0 radical (unpaired) electrons. The molecular weight excluding hydrogens is 430 g/mol. The van der Waals surface area contributed by atoms with E-state index in [4.69, 9.17) is 21.9 Å². The number of primary sulfonamides is 1. The van der Waals surface area contributed by atoms with Gasteiger partial charge in [0, 0.05) is 18.1 Å². The lowest BCUT2D eigenvalue weighted by Crippen LogP contribution is -2.13. The van der Waals surface area contributed by atoms with E-state index in [-0.39, 0.29) is 22.7 Å². The van der Waals surface area contributed by atoms with Crippen molar-refractivity contribution < 1.29 is 13.6 Å². The van der Waals surface area contributed by atoms with Crippen LogP contribution >= 0.6 is 11.6 Å². The van der Waals surface area contributed by atoms with E-state index in [9.17, 15) is 8.42 Å². The fourth-order valence-electron chi connectivity index (χ4n) is 2.58. The molecule has 0 saturated heterocycles. The molecule has 0 unspecified atom stereocenters. The van der Waals surface area contributed by atoms with Crippen molar-refractivity contribution in [3.8, 4) is 0 Å². The van der Waals surface area contributed by atoms with Crippen molar-refractivity contribution in [2.24, 2.45) is 5.14 Å². The maximum atomic E-state index is 11.3. The number of hydrogen-bond acceptors (Lipinski definition) is 9. The molecule has 1 heterocycles. The number of nitrogens with zero attached hydrogens (tertiary/aromatic N) is 3. The molecule has 0 fully saturated rings. The Bertz CT molecular complexity index is 1110. The summed E-state index contributed by atoms with van der Waals surface area (Å²) in [4.78, 5) is 12.4. The molecule has 1 aromatic heterocycles. The highest BCUT2D eigenvalue weighted by atomic mass is 35.5. The lowest BCUT2D eigenvalue weighted by Gasteiger charge is -2.10. The van der Waals surface area contributed by atoms with Crippen molar-refractivity contribution >= 4 is 39.5 Å². The SMILES string of the molecule is NS(=O)(=O)c1ccc(CCNc2nc(NO)nc(NCc3cccc(Cl)c3)n2)cc1. The Morgan fingerprint density at radius 3 is 2.23 bits per heavy atom. The number of nitrogens with two attached hydrogens (primary N) is 1. The van der Waals surface area contributed by atoms with E-state index >= 15 is 0 Å². The van der Waals surface area contributed by atoms with Crippen molar-refractivity contribution in [2.45, 2.75) is 17.9 Å². The zero-order valence-corrected chi connectivity index (χ0v) is 17.3. The lowest BCUT2D eigenvalue weighted by atomic mass is 10.1. The monoisotopic (exact) mass is 449 g/mol. The topological polar surface area (TPSA) is 155 Å². The van der Waals surface area contributed by atoms with Crippen LogP contribution in [-0.4, -0.2) is 35.1 Å². The molecule has 0 aliphatic heterocycles. The third-order valence-electron chi connectivity index (χ3n) is 4.02. The van der Waals surface area contributed by atoms with Gasteiger partial charge in [-0.2, -0.15) is 15.0 Å². The molecule has 6 N–H and O–H groups in total. The average molecular weight is 450 g/mol. The highest BCUT2D eigenvalue weighted by molar-refractivity contribution is 7.89. The Balaban J connectivity index is 1.60. The van der Waals surface area contributed by atoms with Crippen molar-refractivity contribution in [3.05, 3.63) is 64.7 Å². The molecule has 10 nitrogen and oxygen atoms in total. The molecule has 12 heteroatoms. The zero-order valence-electron chi connectivity index (χ0n) is 15.7. The summed E-state index contributed by atoms with van der Waals surface area (Å²) in [5.41, 5.74) is 3.76. The first-order valence-electron chi connectivity index (χ1n) is 8.83. The van der Waals surface area contributed by atoms with E-state index in [0.29, 0.717) is 24.5 Å². The molecule has 3 aromatic rings. The minimum absolute atomic E-state index is 0.0152. The summed E-state index contributed by atoms with van der Waals surface area (Å²) in [7, 11) is -3.71. The van der Waals surface area contributed by atoms with Gasteiger partial charge in [0.15, 0.2) is 0 Å². The number of halogens is 1. The molecule has 158 valence electrons. The largest absolute Gasteiger partial charge is 0.354 e. The van der Waals surface area contributed by atoms with Gasteiger partial charge in [0.1, 0.15) is 0 Å². The molecule has 0 atom stereocenters. The first kappa shape index (κ1) is 21.7. The molecule has 0 aliphatic carbocycles. The Morgan fingerprint density at radius 1 is 0.933 bits per heavy atom. The van der Waals surface area contributed by atoms with Crippen LogP contribution in [0.5, 0.6) is 0 Å².